The summed E-state index contributed by atoms with van der Waals surface area (Å²) in [5, 5.41) is 2.69. The molecule has 0 saturated carbocycles. The van der Waals surface area contributed by atoms with Gasteiger partial charge in [0.25, 0.3) is 5.91 Å². The summed E-state index contributed by atoms with van der Waals surface area (Å²) >= 11 is 8.64. The lowest BCUT2D eigenvalue weighted by molar-refractivity contribution is 0.0949. The predicted molar refractivity (Wildman–Crippen MR) is 66.3 cm³/mol. The molecule has 0 bridgehead atoms. The maximum Gasteiger partial charge on any atom is 0.251 e. The number of hydrogen-bond acceptors (Lipinski definition) is 1. The quantitative estimate of drug-likeness (QED) is 0.850. The highest BCUT2D eigenvalue weighted by Crippen LogP contribution is 2.16. The van der Waals surface area contributed by atoms with Crippen LogP contribution in [0.25, 0.3) is 0 Å². The Morgan fingerprint density at radius 3 is 2.88 bits per heavy atom. The number of carbonyl (C=O) groups excluding carboxylic acids is 1. The van der Waals surface area contributed by atoms with E-state index in [4.69, 9.17) is 11.6 Å². The highest BCUT2D eigenvalue weighted by Gasteiger charge is 2.09. The Bertz CT molecular complexity index is 386. The Morgan fingerprint density at radius 1 is 1.62 bits per heavy atom. The second-order valence-corrected chi connectivity index (χ2v) is 4.76. The van der Waals surface area contributed by atoms with Gasteiger partial charge in [-0.15, -0.1) is 11.6 Å². The number of halogens is 3. The summed E-state index contributed by atoms with van der Waals surface area (Å²) in [6, 6.07) is 4.27. The fourth-order valence-corrected chi connectivity index (χ4v) is 1.42. The van der Waals surface area contributed by atoms with E-state index in [-0.39, 0.29) is 11.8 Å². The predicted octanol–water partition coefficient (Wildman–Crippen LogP) is 3.19. The van der Waals surface area contributed by atoms with Gasteiger partial charge in [0.1, 0.15) is 5.82 Å². The highest BCUT2D eigenvalue weighted by atomic mass is 79.9. The van der Waals surface area contributed by atoms with Crippen LogP contribution >= 0.6 is 27.5 Å². The van der Waals surface area contributed by atoms with Gasteiger partial charge < -0.3 is 5.32 Å². The van der Waals surface area contributed by atoms with Crippen LogP contribution in [0.5, 0.6) is 0 Å². The second-order valence-electron chi connectivity index (χ2n) is 3.60. The monoisotopic (exact) mass is 307 g/mol. The van der Waals surface area contributed by atoms with Gasteiger partial charge in [0.05, 0.1) is 4.47 Å². The van der Waals surface area contributed by atoms with Crippen molar-refractivity contribution in [1.29, 1.82) is 0 Å². The molecule has 1 unspecified atom stereocenters. The van der Waals surface area contributed by atoms with Crippen LogP contribution in [0.4, 0.5) is 4.39 Å². The Labute approximate surface area is 107 Å². The van der Waals surface area contributed by atoms with Crippen LogP contribution in [-0.4, -0.2) is 18.3 Å². The van der Waals surface area contributed by atoms with Crippen molar-refractivity contribution in [3.05, 3.63) is 34.1 Å². The minimum absolute atomic E-state index is 0.200. The molecule has 88 valence electrons. The molecule has 0 radical (unpaired) electrons. The van der Waals surface area contributed by atoms with Gasteiger partial charge in [-0.05, 0) is 40.0 Å². The third-order valence-electron chi connectivity index (χ3n) is 2.06. The Balaban J connectivity index is 2.63. The molecule has 0 aromatic heterocycles. The number of carbonyl (C=O) groups is 1. The third-order valence-corrected chi connectivity index (χ3v) is 3.23. The number of rotatable bonds is 4. The molecule has 0 aliphatic rings. The summed E-state index contributed by atoms with van der Waals surface area (Å²) in [5.74, 6) is -0.0538. The van der Waals surface area contributed by atoms with Crippen LogP contribution in [-0.2, 0) is 0 Å². The lowest BCUT2D eigenvalue weighted by Gasteiger charge is -2.09. The molecular formula is C11H12BrClFNO. The van der Waals surface area contributed by atoms with Gasteiger partial charge in [-0.1, -0.05) is 6.92 Å². The average Bonchev–Trinajstić information content (AvgIpc) is 2.29. The first-order chi connectivity index (χ1) is 7.54. The van der Waals surface area contributed by atoms with Crippen LogP contribution in [0.2, 0.25) is 0 Å². The molecule has 1 rings (SSSR count). The van der Waals surface area contributed by atoms with E-state index in [1.54, 1.807) is 6.07 Å². The van der Waals surface area contributed by atoms with E-state index in [0.717, 1.165) is 0 Å². The topological polar surface area (TPSA) is 29.1 Å². The van der Waals surface area contributed by atoms with Crippen LogP contribution in [0.3, 0.4) is 0 Å². The molecule has 1 aromatic rings. The molecule has 2 nitrogen and oxygen atoms in total. The van der Waals surface area contributed by atoms with Gasteiger partial charge >= 0.3 is 0 Å². The smallest absolute Gasteiger partial charge is 0.251 e. The van der Waals surface area contributed by atoms with Crippen molar-refractivity contribution in [3.63, 3.8) is 0 Å². The van der Waals surface area contributed by atoms with Crippen molar-refractivity contribution in [3.8, 4) is 0 Å². The third kappa shape index (κ3) is 3.76. The largest absolute Gasteiger partial charge is 0.352 e. The zero-order valence-corrected chi connectivity index (χ0v) is 11.1. The van der Waals surface area contributed by atoms with Crippen LogP contribution in [0.15, 0.2) is 22.7 Å². The minimum atomic E-state index is -0.446. The van der Waals surface area contributed by atoms with Crippen molar-refractivity contribution in [1.82, 2.24) is 5.32 Å². The van der Waals surface area contributed by atoms with Gasteiger partial charge in [0.15, 0.2) is 0 Å². The van der Waals surface area contributed by atoms with E-state index in [9.17, 15) is 9.18 Å². The molecule has 0 fully saturated rings. The van der Waals surface area contributed by atoms with Gasteiger partial charge in [-0.2, -0.15) is 0 Å². The molecule has 0 spiro atoms. The molecule has 0 aliphatic heterocycles. The Morgan fingerprint density at radius 2 is 2.31 bits per heavy atom. The maximum atomic E-state index is 13.2. The normalized spacial score (nSPS) is 12.2. The number of nitrogens with one attached hydrogen (secondary N) is 1. The lowest BCUT2D eigenvalue weighted by Crippen LogP contribution is -2.28. The van der Waals surface area contributed by atoms with Crippen molar-refractivity contribution in [2.45, 2.75) is 6.92 Å². The summed E-state index contributed by atoms with van der Waals surface area (Å²) in [7, 11) is 0. The summed E-state index contributed by atoms with van der Waals surface area (Å²) < 4.78 is 13.5. The van der Waals surface area contributed by atoms with E-state index in [1.807, 2.05) is 6.92 Å². The highest BCUT2D eigenvalue weighted by molar-refractivity contribution is 9.10. The van der Waals surface area contributed by atoms with Gasteiger partial charge in [-0.3, -0.25) is 4.79 Å². The van der Waals surface area contributed by atoms with Crippen molar-refractivity contribution in [2.24, 2.45) is 5.92 Å². The van der Waals surface area contributed by atoms with Crippen LogP contribution in [0, 0.1) is 11.7 Å². The molecule has 1 N–H and O–H groups in total. The number of benzene rings is 1. The zero-order valence-electron chi connectivity index (χ0n) is 8.77. The fraction of sp³-hybridized carbons (Fsp3) is 0.364. The Kier molecular flexibility index (Phi) is 5.22. The van der Waals surface area contributed by atoms with E-state index in [1.165, 1.54) is 12.1 Å². The number of alkyl halides is 1. The lowest BCUT2D eigenvalue weighted by atomic mass is 10.2. The summed E-state index contributed by atoms with van der Waals surface area (Å²) in [5.41, 5.74) is 0.308. The fourth-order valence-electron chi connectivity index (χ4n) is 1.06. The van der Waals surface area contributed by atoms with Gasteiger partial charge in [0, 0.05) is 18.0 Å². The maximum absolute atomic E-state index is 13.2. The molecule has 16 heavy (non-hydrogen) atoms. The van der Waals surface area contributed by atoms with Crippen LogP contribution in [0.1, 0.15) is 17.3 Å². The Hall–Kier alpha value is -0.610. The van der Waals surface area contributed by atoms with E-state index >= 15 is 0 Å². The SMILES string of the molecule is CC(CCl)CNC(=O)c1ccc(Br)c(F)c1. The summed E-state index contributed by atoms with van der Waals surface area (Å²) in [6.45, 7) is 2.41. The standard InChI is InChI=1S/C11H12BrClFNO/c1-7(5-13)6-15-11(16)8-2-3-9(12)10(14)4-8/h2-4,7H,5-6H2,1H3,(H,15,16). The van der Waals surface area contributed by atoms with E-state index in [0.29, 0.717) is 22.5 Å². The van der Waals surface area contributed by atoms with Crippen molar-refractivity contribution in [2.75, 3.05) is 12.4 Å². The number of amides is 1. The molecule has 1 atom stereocenters. The van der Waals surface area contributed by atoms with Gasteiger partial charge in [0.2, 0.25) is 0 Å². The zero-order chi connectivity index (χ0) is 12.1. The summed E-state index contributed by atoms with van der Waals surface area (Å²) in [6.07, 6.45) is 0. The molecule has 0 aliphatic carbocycles. The van der Waals surface area contributed by atoms with Crippen molar-refractivity contribution < 1.29 is 9.18 Å². The van der Waals surface area contributed by atoms with Crippen molar-refractivity contribution >= 4 is 33.4 Å². The molecular weight excluding hydrogens is 296 g/mol. The molecule has 1 amide bonds. The molecule has 1 aromatic carbocycles. The second kappa shape index (κ2) is 6.21. The molecule has 0 saturated heterocycles. The van der Waals surface area contributed by atoms with Crippen LogP contribution < -0.4 is 5.32 Å². The number of hydrogen-bond donors (Lipinski definition) is 1. The van der Waals surface area contributed by atoms with E-state index in [2.05, 4.69) is 21.2 Å². The van der Waals surface area contributed by atoms with Gasteiger partial charge in [-0.25, -0.2) is 4.39 Å². The first kappa shape index (κ1) is 13.5. The molecule has 5 heteroatoms. The summed E-state index contributed by atoms with van der Waals surface area (Å²) in [4.78, 5) is 11.6. The first-order valence-corrected chi connectivity index (χ1v) is 6.16. The minimum Gasteiger partial charge on any atom is -0.352 e. The first-order valence-electron chi connectivity index (χ1n) is 4.83. The molecule has 0 heterocycles. The van der Waals surface area contributed by atoms with E-state index < -0.39 is 5.82 Å². The average molecular weight is 309 g/mol.